The predicted molar refractivity (Wildman–Crippen MR) is 133 cm³/mol. The van der Waals surface area contributed by atoms with Crippen LogP contribution in [-0.4, -0.2) is 90.0 Å². The molecule has 2 heterocycles. The zero-order chi connectivity index (χ0) is 26.0. The van der Waals surface area contributed by atoms with Crippen molar-refractivity contribution in [2.24, 2.45) is 5.92 Å². The number of methoxy groups -OCH3 is 1. The van der Waals surface area contributed by atoms with Crippen molar-refractivity contribution in [2.75, 3.05) is 31.7 Å². The van der Waals surface area contributed by atoms with Gasteiger partial charge in [0.15, 0.2) is 6.23 Å². The summed E-state index contributed by atoms with van der Waals surface area (Å²) in [6.07, 6.45) is 2.76. The third-order valence-corrected chi connectivity index (χ3v) is 7.64. The molecule has 5 N–H and O–H groups in total. The van der Waals surface area contributed by atoms with Crippen LogP contribution in [0.5, 0.6) is 0 Å². The standard InChI is InChI=1S/C22H33ClN5O7P/c1-35-16(11-27(10-13-6-7-13)17(29)12-36(32,33)34)18(30)21(31)28-9-8-15-19(24-14-4-2-3-5-14)25-22(23)26-20(15)28/h8-9,13-14,16,18,21,30-31H,2-7,10-12H2,1H3,(H,24,25,26)(H2,32,33,34)/t16-,18-,21-/m1/s1. The Bertz CT molecular complexity index is 1120. The number of nitrogens with zero attached hydrogens (tertiary/aromatic N) is 4. The number of carbonyl (C=O) groups excluding carboxylic acids is 1. The van der Waals surface area contributed by atoms with Gasteiger partial charge in [0.25, 0.3) is 0 Å². The monoisotopic (exact) mass is 545 g/mol. The molecule has 2 aromatic rings. The summed E-state index contributed by atoms with van der Waals surface area (Å²) in [6.45, 7) is 0.153. The van der Waals surface area contributed by atoms with E-state index in [9.17, 15) is 29.4 Å². The Morgan fingerprint density at radius 1 is 1.28 bits per heavy atom. The summed E-state index contributed by atoms with van der Waals surface area (Å²) >= 11 is 6.17. The second-order valence-corrected chi connectivity index (χ2v) is 11.7. The van der Waals surface area contributed by atoms with Crippen molar-refractivity contribution in [1.82, 2.24) is 19.4 Å². The fourth-order valence-corrected chi connectivity index (χ4v) is 5.37. The van der Waals surface area contributed by atoms with Crippen LogP contribution in [0.15, 0.2) is 12.3 Å². The van der Waals surface area contributed by atoms with Gasteiger partial charge in [0.2, 0.25) is 11.2 Å². The molecule has 2 aliphatic rings. The molecule has 2 saturated carbocycles. The number of ether oxygens (including phenoxy) is 1. The van der Waals surface area contributed by atoms with Crippen molar-refractivity contribution in [3.8, 4) is 0 Å². The van der Waals surface area contributed by atoms with E-state index in [0.29, 0.717) is 23.4 Å². The van der Waals surface area contributed by atoms with Gasteiger partial charge in [-0.1, -0.05) is 12.8 Å². The van der Waals surface area contributed by atoms with Gasteiger partial charge < -0.3 is 39.5 Å². The molecule has 0 aliphatic heterocycles. The van der Waals surface area contributed by atoms with E-state index in [4.69, 9.17) is 16.3 Å². The number of carbonyl (C=O) groups is 1. The Morgan fingerprint density at radius 3 is 2.58 bits per heavy atom. The fraction of sp³-hybridized carbons (Fsp3) is 0.682. The summed E-state index contributed by atoms with van der Waals surface area (Å²) in [5.74, 6) is 0.0649. The SMILES string of the molecule is CO[C@H](CN(CC1CC1)C(=O)CP(=O)(O)O)[C@@H](O)[C@@H](O)n1ccc2c(NC3CCCC3)nc(Cl)nc21. The van der Waals surface area contributed by atoms with Gasteiger partial charge in [-0.2, -0.15) is 4.98 Å². The first-order valence-electron chi connectivity index (χ1n) is 12.1. The number of fused-ring (bicyclic) bond motifs is 1. The minimum Gasteiger partial charge on any atom is -0.386 e. The molecule has 0 saturated heterocycles. The molecule has 0 radical (unpaired) electrons. The summed E-state index contributed by atoms with van der Waals surface area (Å²) in [5.41, 5.74) is 0.323. The first kappa shape index (κ1) is 27.3. The number of aromatic nitrogens is 3. The molecule has 3 atom stereocenters. The largest absolute Gasteiger partial charge is 0.386 e. The van der Waals surface area contributed by atoms with E-state index < -0.39 is 38.1 Å². The van der Waals surface area contributed by atoms with E-state index in [1.54, 1.807) is 12.3 Å². The highest BCUT2D eigenvalue weighted by Gasteiger charge is 2.35. The zero-order valence-electron chi connectivity index (χ0n) is 20.0. The Balaban J connectivity index is 1.53. The Hall–Kier alpha value is -1.79. The molecule has 0 unspecified atom stereocenters. The van der Waals surface area contributed by atoms with E-state index in [-0.39, 0.29) is 23.8 Å². The zero-order valence-corrected chi connectivity index (χ0v) is 21.7. The molecule has 12 nitrogen and oxygen atoms in total. The smallest absolute Gasteiger partial charge is 0.334 e. The molecule has 4 rings (SSSR count). The van der Waals surface area contributed by atoms with Crippen molar-refractivity contribution < 1.29 is 34.1 Å². The van der Waals surface area contributed by atoms with Gasteiger partial charge >= 0.3 is 7.60 Å². The van der Waals surface area contributed by atoms with E-state index in [1.807, 2.05) is 0 Å². The minimum atomic E-state index is -4.56. The number of aliphatic hydroxyl groups excluding tert-OH is 2. The number of aliphatic hydroxyl groups is 2. The maximum absolute atomic E-state index is 12.6. The number of nitrogens with one attached hydrogen (secondary N) is 1. The van der Waals surface area contributed by atoms with Crippen molar-refractivity contribution >= 4 is 42.0 Å². The molecule has 2 aromatic heterocycles. The molecule has 2 fully saturated rings. The van der Waals surface area contributed by atoms with E-state index in [0.717, 1.165) is 38.5 Å². The molecule has 200 valence electrons. The average Bonchev–Trinajstić information content (AvgIpc) is 3.28. The topological polar surface area (TPSA) is 170 Å². The highest BCUT2D eigenvalue weighted by molar-refractivity contribution is 7.52. The van der Waals surface area contributed by atoms with Gasteiger partial charge in [-0.05, 0) is 49.3 Å². The van der Waals surface area contributed by atoms with Crippen LogP contribution in [0.3, 0.4) is 0 Å². The number of halogens is 1. The van der Waals surface area contributed by atoms with Crippen LogP contribution >= 0.6 is 19.2 Å². The lowest BCUT2D eigenvalue weighted by molar-refractivity contribution is -0.137. The van der Waals surface area contributed by atoms with Crippen molar-refractivity contribution in [3.05, 3.63) is 17.5 Å². The maximum Gasteiger partial charge on any atom is 0.334 e. The maximum atomic E-state index is 12.6. The van der Waals surface area contributed by atoms with Gasteiger partial charge in [-0.15, -0.1) is 0 Å². The van der Waals surface area contributed by atoms with Gasteiger partial charge in [0.1, 0.15) is 29.8 Å². The lowest BCUT2D eigenvalue weighted by Gasteiger charge is -2.32. The highest BCUT2D eigenvalue weighted by atomic mass is 35.5. The Labute approximate surface area is 213 Å². The van der Waals surface area contributed by atoms with Gasteiger partial charge in [0, 0.05) is 32.4 Å². The summed E-state index contributed by atoms with van der Waals surface area (Å²) in [5, 5.41) is 26.1. The number of anilines is 1. The third-order valence-electron chi connectivity index (χ3n) is 6.78. The minimum absolute atomic E-state index is 0.00781. The molecule has 0 bridgehead atoms. The van der Waals surface area contributed by atoms with Crippen molar-refractivity contribution in [3.63, 3.8) is 0 Å². The predicted octanol–water partition coefficient (Wildman–Crippen LogP) is 1.72. The molecule has 1 amide bonds. The van der Waals surface area contributed by atoms with E-state index in [1.165, 1.54) is 16.6 Å². The number of hydrogen-bond donors (Lipinski definition) is 5. The van der Waals surface area contributed by atoms with E-state index >= 15 is 0 Å². The summed E-state index contributed by atoms with van der Waals surface area (Å²) in [4.78, 5) is 40.9. The van der Waals surface area contributed by atoms with Crippen LogP contribution < -0.4 is 5.32 Å². The molecular weight excluding hydrogens is 513 g/mol. The Kier molecular flexibility index (Phi) is 8.56. The normalized spacial score (nSPS) is 19.4. The molecule has 36 heavy (non-hydrogen) atoms. The first-order chi connectivity index (χ1) is 17.1. The van der Waals surface area contributed by atoms with Crippen molar-refractivity contribution in [1.29, 1.82) is 0 Å². The highest BCUT2D eigenvalue weighted by Crippen LogP contribution is 2.36. The summed E-state index contributed by atoms with van der Waals surface area (Å²) in [7, 11) is -3.23. The molecule has 0 aromatic carbocycles. The molecule has 0 spiro atoms. The second kappa shape index (κ2) is 11.3. The van der Waals surface area contributed by atoms with Crippen LogP contribution in [0.25, 0.3) is 11.0 Å². The van der Waals surface area contributed by atoms with Crippen LogP contribution in [0.4, 0.5) is 5.82 Å². The van der Waals surface area contributed by atoms with E-state index in [2.05, 4.69) is 15.3 Å². The number of amides is 1. The van der Waals surface area contributed by atoms with Crippen LogP contribution in [0, 0.1) is 5.92 Å². The first-order valence-corrected chi connectivity index (χ1v) is 14.2. The third kappa shape index (κ3) is 6.74. The molecule has 2 aliphatic carbocycles. The van der Waals surface area contributed by atoms with Crippen LogP contribution in [0.2, 0.25) is 5.28 Å². The lowest BCUT2D eigenvalue weighted by Crippen LogP contribution is -2.47. The van der Waals surface area contributed by atoms with Gasteiger partial charge in [-0.3, -0.25) is 9.36 Å². The lowest BCUT2D eigenvalue weighted by atomic mass is 10.1. The van der Waals surface area contributed by atoms with Crippen LogP contribution in [-0.2, 0) is 14.1 Å². The average molecular weight is 546 g/mol. The number of rotatable bonds is 12. The van der Waals surface area contributed by atoms with Gasteiger partial charge in [-0.25, -0.2) is 4.98 Å². The van der Waals surface area contributed by atoms with Gasteiger partial charge in [0.05, 0.1) is 5.39 Å². The quantitative estimate of drug-likeness (QED) is 0.195. The Morgan fingerprint density at radius 2 is 1.97 bits per heavy atom. The van der Waals surface area contributed by atoms with Crippen LogP contribution in [0.1, 0.15) is 44.8 Å². The summed E-state index contributed by atoms with van der Waals surface area (Å²) in [6, 6.07) is 2.00. The molecular formula is C22H33ClN5O7P. The summed E-state index contributed by atoms with van der Waals surface area (Å²) < 4.78 is 18.2. The molecule has 14 heteroatoms. The second-order valence-electron chi connectivity index (χ2n) is 9.67. The van der Waals surface area contributed by atoms with Crippen molar-refractivity contribution in [2.45, 2.75) is 63.0 Å². The number of hydrogen-bond acceptors (Lipinski definition) is 8. The fourth-order valence-electron chi connectivity index (χ4n) is 4.66.